The molecule has 0 spiro atoms. The zero-order valence-electron chi connectivity index (χ0n) is 9.30. The zero-order chi connectivity index (χ0) is 9.80. The van der Waals surface area contributed by atoms with E-state index in [9.17, 15) is 0 Å². The lowest BCUT2D eigenvalue weighted by Gasteiger charge is -2.26. The van der Waals surface area contributed by atoms with Crippen LogP contribution in [0.15, 0.2) is 0 Å². The molecular weight excluding hydrogens is 190 g/mol. The van der Waals surface area contributed by atoms with E-state index < -0.39 is 0 Å². The third-order valence-corrected chi connectivity index (χ3v) is 4.69. The Bertz CT molecular complexity index is 168. The van der Waals surface area contributed by atoms with Gasteiger partial charge in [0, 0.05) is 23.6 Å². The summed E-state index contributed by atoms with van der Waals surface area (Å²) in [5, 5.41) is 4.56. The molecule has 2 aliphatic rings. The standard InChI is InChI=1S/C12H23NS/c1-10-3-2-4-12(9-10)14-8-7-13-11-5-6-11/h10-13H,2-9H2,1H3. The molecule has 1 nitrogen and oxygen atoms in total. The first-order valence-electron chi connectivity index (χ1n) is 6.19. The summed E-state index contributed by atoms with van der Waals surface area (Å²) in [5.41, 5.74) is 0. The van der Waals surface area contributed by atoms with Crippen molar-refractivity contribution in [1.82, 2.24) is 5.32 Å². The molecule has 0 amide bonds. The summed E-state index contributed by atoms with van der Waals surface area (Å²) in [7, 11) is 0. The van der Waals surface area contributed by atoms with E-state index in [0.717, 1.165) is 17.2 Å². The highest BCUT2D eigenvalue weighted by Gasteiger charge is 2.21. The van der Waals surface area contributed by atoms with Gasteiger partial charge in [-0.3, -0.25) is 0 Å². The molecule has 2 rings (SSSR count). The molecule has 0 bridgehead atoms. The second-order valence-electron chi connectivity index (χ2n) is 4.99. The highest BCUT2D eigenvalue weighted by atomic mass is 32.2. The summed E-state index contributed by atoms with van der Waals surface area (Å²) in [4.78, 5) is 0. The highest BCUT2D eigenvalue weighted by Crippen LogP contribution is 2.31. The first kappa shape index (κ1) is 10.8. The number of hydrogen-bond acceptors (Lipinski definition) is 2. The van der Waals surface area contributed by atoms with Gasteiger partial charge in [-0.15, -0.1) is 0 Å². The number of thioether (sulfide) groups is 1. The Morgan fingerprint density at radius 2 is 2.07 bits per heavy atom. The van der Waals surface area contributed by atoms with E-state index in [0.29, 0.717) is 0 Å². The van der Waals surface area contributed by atoms with E-state index in [4.69, 9.17) is 0 Å². The Morgan fingerprint density at radius 1 is 1.21 bits per heavy atom. The molecule has 82 valence electrons. The summed E-state index contributed by atoms with van der Waals surface area (Å²) in [5.74, 6) is 2.31. The molecule has 0 saturated heterocycles. The van der Waals surface area contributed by atoms with Gasteiger partial charge in [0.05, 0.1) is 0 Å². The maximum absolute atomic E-state index is 3.59. The average Bonchev–Trinajstić information content (AvgIpc) is 2.96. The molecular formula is C12H23NS. The quantitative estimate of drug-likeness (QED) is 0.705. The van der Waals surface area contributed by atoms with Gasteiger partial charge < -0.3 is 5.32 Å². The predicted molar refractivity (Wildman–Crippen MR) is 64.9 cm³/mol. The second-order valence-corrected chi connectivity index (χ2v) is 6.40. The smallest absolute Gasteiger partial charge is 0.00685 e. The van der Waals surface area contributed by atoms with Crippen molar-refractivity contribution in [1.29, 1.82) is 0 Å². The van der Waals surface area contributed by atoms with Crippen molar-refractivity contribution >= 4 is 11.8 Å². The molecule has 2 heteroatoms. The lowest BCUT2D eigenvalue weighted by molar-refractivity contribution is 0.394. The van der Waals surface area contributed by atoms with Crippen molar-refractivity contribution in [2.45, 2.75) is 56.7 Å². The van der Waals surface area contributed by atoms with E-state index >= 15 is 0 Å². The van der Waals surface area contributed by atoms with Gasteiger partial charge in [-0.1, -0.05) is 19.8 Å². The lowest BCUT2D eigenvalue weighted by Crippen LogP contribution is -2.22. The van der Waals surface area contributed by atoms with Gasteiger partial charge in [-0.05, 0) is 31.6 Å². The Hall–Kier alpha value is 0.310. The fourth-order valence-corrected chi connectivity index (χ4v) is 3.67. The van der Waals surface area contributed by atoms with Gasteiger partial charge in [0.15, 0.2) is 0 Å². The van der Waals surface area contributed by atoms with Crippen molar-refractivity contribution in [2.24, 2.45) is 5.92 Å². The summed E-state index contributed by atoms with van der Waals surface area (Å²) in [6.45, 7) is 3.65. The van der Waals surface area contributed by atoms with Crippen molar-refractivity contribution in [3.63, 3.8) is 0 Å². The molecule has 1 N–H and O–H groups in total. The lowest BCUT2D eigenvalue weighted by atomic mass is 9.91. The molecule has 14 heavy (non-hydrogen) atoms. The molecule has 0 aromatic heterocycles. The largest absolute Gasteiger partial charge is 0.313 e. The van der Waals surface area contributed by atoms with Crippen LogP contribution in [0, 0.1) is 5.92 Å². The molecule has 0 aromatic carbocycles. The van der Waals surface area contributed by atoms with Crippen LogP contribution in [0.25, 0.3) is 0 Å². The van der Waals surface area contributed by atoms with Crippen molar-refractivity contribution in [3.8, 4) is 0 Å². The molecule has 0 aliphatic heterocycles. The minimum absolute atomic E-state index is 0.890. The van der Waals surface area contributed by atoms with Crippen LogP contribution in [-0.4, -0.2) is 23.6 Å². The number of nitrogens with one attached hydrogen (secondary N) is 1. The van der Waals surface area contributed by atoms with Crippen LogP contribution in [0.4, 0.5) is 0 Å². The van der Waals surface area contributed by atoms with E-state index in [1.807, 2.05) is 0 Å². The normalized spacial score (nSPS) is 33.2. The first-order chi connectivity index (χ1) is 6.84. The van der Waals surface area contributed by atoms with Crippen LogP contribution in [0.3, 0.4) is 0 Å². The van der Waals surface area contributed by atoms with Gasteiger partial charge in [-0.2, -0.15) is 11.8 Å². The maximum atomic E-state index is 3.59. The van der Waals surface area contributed by atoms with E-state index in [1.54, 1.807) is 0 Å². The van der Waals surface area contributed by atoms with Crippen LogP contribution >= 0.6 is 11.8 Å². The third kappa shape index (κ3) is 3.82. The van der Waals surface area contributed by atoms with Crippen molar-refractivity contribution in [2.75, 3.05) is 12.3 Å². The molecule has 0 radical (unpaired) electrons. The minimum Gasteiger partial charge on any atom is -0.313 e. The van der Waals surface area contributed by atoms with Crippen LogP contribution < -0.4 is 5.32 Å². The SMILES string of the molecule is CC1CCCC(SCCNC2CC2)C1. The summed E-state index contributed by atoms with van der Waals surface area (Å²) in [6.07, 6.45) is 8.72. The van der Waals surface area contributed by atoms with Crippen LogP contribution in [-0.2, 0) is 0 Å². The van der Waals surface area contributed by atoms with Crippen molar-refractivity contribution < 1.29 is 0 Å². The molecule has 2 unspecified atom stereocenters. The van der Waals surface area contributed by atoms with E-state index in [-0.39, 0.29) is 0 Å². The summed E-state index contributed by atoms with van der Waals surface area (Å²) in [6, 6.07) is 0.890. The fourth-order valence-electron chi connectivity index (χ4n) is 2.31. The number of rotatable bonds is 5. The van der Waals surface area contributed by atoms with Crippen LogP contribution in [0.2, 0.25) is 0 Å². The summed E-state index contributed by atoms with van der Waals surface area (Å²) < 4.78 is 0. The molecule has 0 aromatic rings. The van der Waals surface area contributed by atoms with Crippen LogP contribution in [0.5, 0.6) is 0 Å². The zero-order valence-corrected chi connectivity index (χ0v) is 10.1. The monoisotopic (exact) mass is 213 g/mol. The minimum atomic E-state index is 0.890. The predicted octanol–water partition coefficient (Wildman–Crippen LogP) is 3.05. The van der Waals surface area contributed by atoms with Crippen molar-refractivity contribution in [3.05, 3.63) is 0 Å². The molecule has 0 heterocycles. The highest BCUT2D eigenvalue weighted by molar-refractivity contribution is 7.99. The van der Waals surface area contributed by atoms with Gasteiger partial charge >= 0.3 is 0 Å². The van der Waals surface area contributed by atoms with Gasteiger partial charge in [0.1, 0.15) is 0 Å². The van der Waals surface area contributed by atoms with Crippen LogP contribution in [0.1, 0.15) is 45.4 Å². The number of hydrogen-bond donors (Lipinski definition) is 1. The third-order valence-electron chi connectivity index (χ3n) is 3.35. The Labute approximate surface area is 92.4 Å². The summed E-state index contributed by atoms with van der Waals surface area (Å²) >= 11 is 2.21. The topological polar surface area (TPSA) is 12.0 Å². The average molecular weight is 213 g/mol. The Kier molecular flexibility index (Phi) is 4.18. The Morgan fingerprint density at radius 3 is 2.79 bits per heavy atom. The first-order valence-corrected chi connectivity index (χ1v) is 7.24. The maximum Gasteiger partial charge on any atom is 0.00685 e. The van der Waals surface area contributed by atoms with E-state index in [2.05, 4.69) is 24.0 Å². The molecule has 2 saturated carbocycles. The second kappa shape index (κ2) is 5.41. The van der Waals surface area contributed by atoms with E-state index in [1.165, 1.54) is 50.8 Å². The fraction of sp³-hybridized carbons (Fsp3) is 1.00. The molecule has 2 fully saturated rings. The molecule has 2 aliphatic carbocycles. The van der Waals surface area contributed by atoms with Gasteiger partial charge in [-0.25, -0.2) is 0 Å². The molecule has 2 atom stereocenters. The van der Waals surface area contributed by atoms with Gasteiger partial charge in [0.2, 0.25) is 0 Å². The van der Waals surface area contributed by atoms with Gasteiger partial charge in [0.25, 0.3) is 0 Å². The Balaban J connectivity index is 1.50.